The van der Waals surface area contributed by atoms with Crippen molar-refractivity contribution in [3.63, 3.8) is 0 Å². The topological polar surface area (TPSA) is 123 Å². The lowest BCUT2D eigenvalue weighted by molar-refractivity contribution is 0.256. The first-order valence-electron chi connectivity index (χ1n) is 7.04. The number of sulfonamides is 1. The van der Waals surface area contributed by atoms with Gasteiger partial charge in [-0.25, -0.2) is 17.9 Å². The first-order valence-corrected chi connectivity index (χ1v) is 8.52. The molecule has 0 spiro atoms. The fraction of sp³-hybridized carbons (Fsp3) is 0.286. The van der Waals surface area contributed by atoms with Crippen LogP contribution in [0.1, 0.15) is 18.3 Å². The lowest BCUT2D eigenvalue weighted by Gasteiger charge is -2.10. The van der Waals surface area contributed by atoms with Gasteiger partial charge in [-0.3, -0.25) is 5.32 Å². The van der Waals surface area contributed by atoms with E-state index in [2.05, 4.69) is 20.3 Å². The zero-order chi connectivity index (χ0) is 17.7. The molecular formula is C14H17N5O4S. The summed E-state index contributed by atoms with van der Waals surface area (Å²) in [5.74, 6) is 0.301. The minimum atomic E-state index is -4.01. The summed E-state index contributed by atoms with van der Waals surface area (Å²) < 4.78 is 31.3. The molecule has 9 nitrogen and oxygen atoms in total. The van der Waals surface area contributed by atoms with Crippen molar-refractivity contribution in [1.29, 1.82) is 0 Å². The van der Waals surface area contributed by atoms with E-state index in [-0.39, 0.29) is 16.9 Å². The van der Waals surface area contributed by atoms with Crippen LogP contribution in [0.25, 0.3) is 0 Å². The van der Waals surface area contributed by atoms with Crippen molar-refractivity contribution < 1.29 is 17.9 Å². The van der Waals surface area contributed by atoms with Crippen LogP contribution in [0, 0.1) is 6.92 Å². The quantitative estimate of drug-likeness (QED) is 0.831. The fourth-order valence-corrected chi connectivity index (χ4v) is 3.02. The highest BCUT2D eigenvalue weighted by Gasteiger charge is 2.20. The van der Waals surface area contributed by atoms with E-state index in [0.717, 1.165) is 0 Å². The van der Waals surface area contributed by atoms with Gasteiger partial charge in [0.2, 0.25) is 5.95 Å². The van der Waals surface area contributed by atoms with Crippen LogP contribution < -0.4 is 14.8 Å². The highest BCUT2D eigenvalue weighted by molar-refractivity contribution is 7.90. The molecule has 0 fully saturated rings. The van der Waals surface area contributed by atoms with Gasteiger partial charge < -0.3 is 4.74 Å². The number of hydrogen-bond acceptors (Lipinski definition) is 7. The lowest BCUT2D eigenvalue weighted by Crippen LogP contribution is -2.35. The molecule has 0 aliphatic rings. The first kappa shape index (κ1) is 17.6. The molecule has 24 heavy (non-hydrogen) atoms. The summed E-state index contributed by atoms with van der Waals surface area (Å²) in [6, 6.07) is 5.37. The Labute approximate surface area is 139 Å². The fourth-order valence-electron chi connectivity index (χ4n) is 1.87. The number of nitrogens with one attached hydrogen (secondary N) is 2. The standard InChI is InChI=1S/C14H17N5O4S/c1-4-11-15-12(18-14(16-11)23-3)17-13(20)19-24(21,22)10-8-6-5-7-9(10)2/h5-8H,4H2,1-3H3,(H2,15,16,17,18,19,20). The number of anilines is 1. The summed E-state index contributed by atoms with van der Waals surface area (Å²) in [5, 5.41) is 2.27. The Balaban J connectivity index is 2.18. The average Bonchev–Trinajstić information content (AvgIpc) is 2.53. The number of benzene rings is 1. The monoisotopic (exact) mass is 351 g/mol. The second-order valence-corrected chi connectivity index (χ2v) is 6.39. The molecule has 0 unspecified atom stereocenters. The highest BCUT2D eigenvalue weighted by atomic mass is 32.2. The van der Waals surface area contributed by atoms with E-state index in [9.17, 15) is 13.2 Å². The van der Waals surface area contributed by atoms with Crippen LogP contribution in [0.2, 0.25) is 0 Å². The van der Waals surface area contributed by atoms with Crippen LogP contribution in [0.3, 0.4) is 0 Å². The number of ether oxygens (including phenoxy) is 1. The molecule has 2 N–H and O–H groups in total. The van der Waals surface area contributed by atoms with Gasteiger partial charge in [0.15, 0.2) is 0 Å². The largest absolute Gasteiger partial charge is 0.467 e. The molecule has 0 saturated heterocycles. The molecular weight excluding hydrogens is 334 g/mol. The number of nitrogens with zero attached hydrogens (tertiary/aromatic N) is 3. The maximum Gasteiger partial charge on any atom is 0.335 e. The Morgan fingerprint density at radius 2 is 1.92 bits per heavy atom. The average molecular weight is 351 g/mol. The van der Waals surface area contributed by atoms with E-state index in [4.69, 9.17) is 4.74 Å². The van der Waals surface area contributed by atoms with Crippen LogP contribution in [-0.2, 0) is 16.4 Å². The maximum absolute atomic E-state index is 12.3. The maximum atomic E-state index is 12.3. The van der Waals surface area contributed by atoms with Crippen molar-refractivity contribution >= 4 is 22.0 Å². The molecule has 1 aromatic carbocycles. The predicted octanol–water partition coefficient (Wildman–Crippen LogP) is 1.26. The van der Waals surface area contributed by atoms with Crippen molar-refractivity contribution in [3.05, 3.63) is 35.7 Å². The van der Waals surface area contributed by atoms with Crippen LogP contribution >= 0.6 is 0 Å². The minimum Gasteiger partial charge on any atom is -0.467 e. The summed E-state index contributed by atoms with van der Waals surface area (Å²) in [6.45, 7) is 3.46. The van der Waals surface area contributed by atoms with Gasteiger partial charge >= 0.3 is 12.0 Å². The predicted molar refractivity (Wildman–Crippen MR) is 86.3 cm³/mol. The Bertz CT molecular complexity index is 832. The van der Waals surface area contributed by atoms with Gasteiger partial charge in [0.05, 0.1) is 12.0 Å². The molecule has 0 radical (unpaired) electrons. The van der Waals surface area contributed by atoms with E-state index in [0.29, 0.717) is 17.8 Å². The summed E-state index contributed by atoms with van der Waals surface area (Å²) in [7, 11) is -2.63. The molecule has 2 rings (SSSR count). The van der Waals surface area contributed by atoms with Gasteiger partial charge in [-0.2, -0.15) is 15.0 Å². The molecule has 0 atom stereocenters. The van der Waals surface area contributed by atoms with Gasteiger partial charge in [-0.1, -0.05) is 25.1 Å². The number of rotatable bonds is 5. The number of carbonyl (C=O) groups excluding carboxylic acids is 1. The summed E-state index contributed by atoms with van der Waals surface area (Å²) in [6.07, 6.45) is 0.497. The number of aromatic nitrogens is 3. The van der Waals surface area contributed by atoms with Crippen molar-refractivity contribution in [2.75, 3.05) is 12.4 Å². The van der Waals surface area contributed by atoms with Crippen molar-refractivity contribution in [1.82, 2.24) is 19.7 Å². The minimum absolute atomic E-state index is 0.0163. The van der Waals surface area contributed by atoms with Crippen molar-refractivity contribution in [3.8, 4) is 6.01 Å². The zero-order valence-electron chi connectivity index (χ0n) is 13.4. The van der Waals surface area contributed by atoms with E-state index in [1.165, 1.54) is 13.2 Å². The Morgan fingerprint density at radius 3 is 2.54 bits per heavy atom. The van der Waals surface area contributed by atoms with Crippen LogP contribution in [-0.4, -0.2) is 36.5 Å². The van der Waals surface area contributed by atoms with Gasteiger partial charge in [0.1, 0.15) is 5.82 Å². The van der Waals surface area contributed by atoms with E-state index < -0.39 is 16.1 Å². The summed E-state index contributed by atoms with van der Waals surface area (Å²) in [4.78, 5) is 23.8. The summed E-state index contributed by atoms with van der Waals surface area (Å²) in [5.41, 5.74) is 0.521. The number of aryl methyl sites for hydroxylation is 2. The lowest BCUT2D eigenvalue weighted by atomic mass is 10.2. The smallest absolute Gasteiger partial charge is 0.335 e. The molecule has 2 amide bonds. The third-order valence-electron chi connectivity index (χ3n) is 3.00. The molecule has 0 bridgehead atoms. The number of hydrogen-bond donors (Lipinski definition) is 2. The van der Waals surface area contributed by atoms with Crippen molar-refractivity contribution in [2.24, 2.45) is 0 Å². The van der Waals surface area contributed by atoms with Crippen LogP contribution in [0.5, 0.6) is 6.01 Å². The second kappa shape index (κ2) is 7.21. The number of methoxy groups -OCH3 is 1. The summed E-state index contributed by atoms with van der Waals surface area (Å²) >= 11 is 0. The second-order valence-electron chi connectivity index (χ2n) is 4.74. The molecule has 0 saturated carbocycles. The third-order valence-corrected chi connectivity index (χ3v) is 4.49. The van der Waals surface area contributed by atoms with Gasteiger partial charge in [0, 0.05) is 6.42 Å². The molecule has 0 aliphatic heterocycles. The Morgan fingerprint density at radius 1 is 1.21 bits per heavy atom. The number of carbonyl (C=O) groups is 1. The third kappa shape index (κ3) is 4.16. The van der Waals surface area contributed by atoms with Crippen LogP contribution in [0.15, 0.2) is 29.2 Å². The zero-order valence-corrected chi connectivity index (χ0v) is 14.2. The molecule has 128 valence electrons. The Kier molecular flexibility index (Phi) is 5.29. The first-order chi connectivity index (χ1) is 11.4. The van der Waals surface area contributed by atoms with E-state index in [1.54, 1.807) is 25.1 Å². The molecule has 0 aliphatic carbocycles. The van der Waals surface area contributed by atoms with E-state index >= 15 is 0 Å². The van der Waals surface area contributed by atoms with Gasteiger partial charge in [0.25, 0.3) is 10.0 Å². The van der Waals surface area contributed by atoms with Gasteiger partial charge in [-0.15, -0.1) is 0 Å². The van der Waals surface area contributed by atoms with Crippen LogP contribution in [0.4, 0.5) is 10.7 Å². The molecule has 1 heterocycles. The van der Waals surface area contributed by atoms with Crippen molar-refractivity contribution in [2.45, 2.75) is 25.2 Å². The normalized spacial score (nSPS) is 11.0. The van der Waals surface area contributed by atoms with E-state index in [1.807, 2.05) is 11.6 Å². The van der Waals surface area contributed by atoms with Gasteiger partial charge in [-0.05, 0) is 18.6 Å². The molecule has 1 aromatic heterocycles. The highest BCUT2D eigenvalue weighted by Crippen LogP contribution is 2.14. The number of amides is 2. The SMILES string of the molecule is CCc1nc(NC(=O)NS(=O)(=O)c2ccccc2C)nc(OC)n1. The molecule has 2 aromatic rings. The molecule has 10 heteroatoms. The Hall–Kier alpha value is -2.75. The number of urea groups is 1.